The van der Waals surface area contributed by atoms with E-state index in [1.54, 1.807) is 0 Å². The van der Waals surface area contributed by atoms with Gasteiger partial charge in [-0.05, 0) is 44.8 Å². The van der Waals surface area contributed by atoms with Gasteiger partial charge >= 0.3 is 0 Å². The third kappa shape index (κ3) is 3.46. The van der Waals surface area contributed by atoms with Gasteiger partial charge in [0.2, 0.25) is 11.0 Å². The molecule has 0 saturated carbocycles. The zero-order valence-corrected chi connectivity index (χ0v) is 16.9. The van der Waals surface area contributed by atoms with E-state index in [0.717, 1.165) is 18.8 Å². The lowest BCUT2D eigenvalue weighted by Gasteiger charge is -2.14. The van der Waals surface area contributed by atoms with E-state index in [-0.39, 0.29) is 0 Å². The molecule has 0 fully saturated rings. The predicted molar refractivity (Wildman–Crippen MR) is 117 cm³/mol. The zero-order chi connectivity index (χ0) is 19.5. The summed E-state index contributed by atoms with van der Waals surface area (Å²) in [5.74, 6) is 0.921. The predicted octanol–water partition coefficient (Wildman–Crippen LogP) is 4.91. The molecule has 4 aromatic rings. The average Bonchev–Trinajstić information content (AvgIpc) is 2.72. The van der Waals surface area contributed by atoms with Crippen molar-refractivity contribution >= 4 is 21.8 Å². The number of para-hydroxylation sites is 1. The SMILES string of the molecule is CC[n+]1c2ccccc2c(-c2ccccc2)c2cc(OCCN(C)C)ccc21. The molecule has 28 heavy (non-hydrogen) atoms. The molecule has 0 aliphatic heterocycles. The smallest absolute Gasteiger partial charge is 0.213 e. The highest BCUT2D eigenvalue weighted by molar-refractivity contribution is 6.07. The number of hydrogen-bond acceptors (Lipinski definition) is 2. The Bertz CT molecular complexity index is 1100. The van der Waals surface area contributed by atoms with E-state index in [2.05, 4.69) is 103 Å². The molecule has 0 aliphatic carbocycles. The Balaban J connectivity index is 1.98. The van der Waals surface area contributed by atoms with Crippen LogP contribution in [0.2, 0.25) is 0 Å². The number of hydrogen-bond donors (Lipinski definition) is 0. The Morgan fingerprint density at radius 1 is 0.821 bits per heavy atom. The van der Waals surface area contributed by atoms with Crippen molar-refractivity contribution in [3.63, 3.8) is 0 Å². The fraction of sp³-hybridized carbons (Fsp3) is 0.240. The van der Waals surface area contributed by atoms with Crippen molar-refractivity contribution in [2.24, 2.45) is 0 Å². The summed E-state index contributed by atoms with van der Waals surface area (Å²) >= 11 is 0. The lowest BCUT2D eigenvalue weighted by atomic mass is 9.95. The molecule has 0 unspecified atom stereocenters. The van der Waals surface area contributed by atoms with E-state index in [1.807, 2.05) is 0 Å². The molecule has 3 aromatic carbocycles. The first-order chi connectivity index (χ1) is 13.7. The van der Waals surface area contributed by atoms with Crippen molar-refractivity contribution in [1.29, 1.82) is 0 Å². The van der Waals surface area contributed by atoms with Crippen LogP contribution < -0.4 is 9.30 Å². The van der Waals surface area contributed by atoms with Crippen LogP contribution in [0.15, 0.2) is 72.8 Å². The quantitative estimate of drug-likeness (QED) is 0.354. The van der Waals surface area contributed by atoms with Crippen LogP contribution in [-0.4, -0.2) is 32.1 Å². The fourth-order valence-corrected chi connectivity index (χ4v) is 3.84. The summed E-state index contributed by atoms with van der Waals surface area (Å²) in [5.41, 5.74) is 5.00. The highest BCUT2D eigenvalue weighted by Crippen LogP contribution is 2.35. The Kier molecular flexibility index (Phi) is 5.27. The number of ether oxygens (including phenoxy) is 1. The minimum atomic E-state index is 0.681. The van der Waals surface area contributed by atoms with Gasteiger partial charge in [0.15, 0.2) is 0 Å². The van der Waals surface area contributed by atoms with Crippen molar-refractivity contribution in [1.82, 2.24) is 4.90 Å². The normalized spacial score (nSPS) is 11.4. The second-order valence-corrected chi connectivity index (χ2v) is 7.33. The number of benzene rings is 3. The molecule has 0 amide bonds. The van der Waals surface area contributed by atoms with Crippen LogP contribution >= 0.6 is 0 Å². The Morgan fingerprint density at radius 3 is 2.29 bits per heavy atom. The molecule has 0 radical (unpaired) electrons. The van der Waals surface area contributed by atoms with Crippen molar-refractivity contribution in [3.8, 4) is 16.9 Å². The van der Waals surface area contributed by atoms with E-state index in [0.29, 0.717) is 6.61 Å². The zero-order valence-electron chi connectivity index (χ0n) is 16.9. The molecule has 0 bridgehead atoms. The first kappa shape index (κ1) is 18.5. The average molecular weight is 372 g/mol. The molecule has 3 heteroatoms. The summed E-state index contributed by atoms with van der Waals surface area (Å²) in [5, 5.41) is 2.50. The maximum atomic E-state index is 6.05. The largest absolute Gasteiger partial charge is 0.492 e. The lowest BCUT2D eigenvalue weighted by Crippen LogP contribution is -2.34. The van der Waals surface area contributed by atoms with Gasteiger partial charge < -0.3 is 9.64 Å². The lowest BCUT2D eigenvalue weighted by molar-refractivity contribution is -0.641. The van der Waals surface area contributed by atoms with E-state index in [9.17, 15) is 0 Å². The van der Waals surface area contributed by atoms with E-state index < -0.39 is 0 Å². The Hall–Kier alpha value is -2.91. The summed E-state index contributed by atoms with van der Waals surface area (Å²) < 4.78 is 8.44. The minimum Gasteiger partial charge on any atom is -0.492 e. The second kappa shape index (κ2) is 7.99. The van der Waals surface area contributed by atoms with Gasteiger partial charge in [-0.3, -0.25) is 0 Å². The Labute approximate surface area is 166 Å². The van der Waals surface area contributed by atoms with Gasteiger partial charge in [-0.1, -0.05) is 42.5 Å². The topological polar surface area (TPSA) is 16.4 Å². The van der Waals surface area contributed by atoms with E-state index in [4.69, 9.17) is 4.74 Å². The second-order valence-electron chi connectivity index (χ2n) is 7.33. The number of rotatable bonds is 6. The van der Waals surface area contributed by atoms with Crippen molar-refractivity contribution < 1.29 is 9.30 Å². The van der Waals surface area contributed by atoms with Gasteiger partial charge in [0.25, 0.3) is 0 Å². The molecule has 3 nitrogen and oxygen atoms in total. The standard InChI is InChI=1S/C25H27N2O/c1-4-27-23-13-9-8-12-21(23)25(19-10-6-5-7-11-19)22-18-20(14-15-24(22)27)28-17-16-26(2)3/h5-15,18H,4,16-17H2,1-3H3/q+1. The fourth-order valence-electron chi connectivity index (χ4n) is 3.84. The van der Waals surface area contributed by atoms with Crippen molar-refractivity contribution in [3.05, 3.63) is 72.8 Å². The molecule has 142 valence electrons. The molecule has 1 heterocycles. The molecule has 0 saturated heterocycles. The summed E-state index contributed by atoms with van der Waals surface area (Å²) in [7, 11) is 4.13. The highest BCUT2D eigenvalue weighted by Gasteiger charge is 2.20. The molecule has 0 aliphatic rings. The minimum absolute atomic E-state index is 0.681. The van der Waals surface area contributed by atoms with E-state index in [1.165, 1.54) is 32.9 Å². The summed E-state index contributed by atoms with van der Waals surface area (Å²) in [4.78, 5) is 2.13. The van der Waals surface area contributed by atoms with E-state index >= 15 is 0 Å². The monoisotopic (exact) mass is 371 g/mol. The van der Waals surface area contributed by atoms with Crippen LogP contribution in [-0.2, 0) is 6.54 Å². The van der Waals surface area contributed by atoms with Gasteiger partial charge in [0, 0.05) is 24.2 Å². The molecular formula is C25H27N2O+. The molecule has 0 spiro atoms. The van der Waals surface area contributed by atoms with Gasteiger partial charge in [0.1, 0.15) is 18.9 Å². The van der Waals surface area contributed by atoms with Crippen LogP contribution in [0.25, 0.3) is 32.9 Å². The molecule has 0 N–H and O–H groups in total. The number of aryl methyl sites for hydroxylation is 1. The van der Waals surface area contributed by atoms with Gasteiger partial charge in [-0.25, -0.2) is 0 Å². The number of pyridine rings is 1. The van der Waals surface area contributed by atoms with Gasteiger partial charge in [0.05, 0.1) is 10.8 Å². The van der Waals surface area contributed by atoms with Crippen LogP contribution in [0, 0.1) is 0 Å². The van der Waals surface area contributed by atoms with Crippen molar-refractivity contribution in [2.75, 3.05) is 27.2 Å². The molecule has 4 rings (SSSR count). The Morgan fingerprint density at radius 2 is 1.54 bits per heavy atom. The molecule has 1 aromatic heterocycles. The van der Waals surface area contributed by atoms with Crippen LogP contribution in [0.1, 0.15) is 6.92 Å². The van der Waals surface area contributed by atoms with Crippen molar-refractivity contribution in [2.45, 2.75) is 13.5 Å². The molecular weight excluding hydrogens is 344 g/mol. The van der Waals surface area contributed by atoms with Crippen LogP contribution in [0.3, 0.4) is 0 Å². The molecule has 0 atom stereocenters. The summed E-state index contributed by atoms with van der Waals surface area (Å²) in [6.45, 7) is 4.71. The number of likely N-dealkylation sites (N-methyl/N-ethyl adjacent to an activating group) is 1. The van der Waals surface area contributed by atoms with Gasteiger partial charge in [-0.15, -0.1) is 0 Å². The third-order valence-electron chi connectivity index (χ3n) is 5.18. The first-order valence-corrected chi connectivity index (χ1v) is 9.90. The van der Waals surface area contributed by atoms with Crippen LogP contribution in [0.4, 0.5) is 0 Å². The summed E-state index contributed by atoms with van der Waals surface area (Å²) in [6, 6.07) is 25.8. The van der Waals surface area contributed by atoms with Gasteiger partial charge in [-0.2, -0.15) is 4.57 Å². The number of fused-ring (bicyclic) bond motifs is 2. The maximum absolute atomic E-state index is 6.05. The number of aromatic nitrogens is 1. The first-order valence-electron chi connectivity index (χ1n) is 9.90. The summed E-state index contributed by atoms with van der Waals surface area (Å²) in [6.07, 6.45) is 0. The maximum Gasteiger partial charge on any atom is 0.213 e. The third-order valence-corrected chi connectivity index (χ3v) is 5.18. The highest BCUT2D eigenvalue weighted by atomic mass is 16.5. The van der Waals surface area contributed by atoms with Crippen LogP contribution in [0.5, 0.6) is 5.75 Å². The number of nitrogens with zero attached hydrogens (tertiary/aromatic N) is 2.